The molecule has 0 unspecified atom stereocenters. The molecule has 0 saturated heterocycles. The van der Waals surface area contributed by atoms with E-state index in [4.69, 9.17) is 14.2 Å². The van der Waals surface area contributed by atoms with E-state index in [1.54, 1.807) is 50.1 Å². The highest BCUT2D eigenvalue weighted by molar-refractivity contribution is 6.02. The van der Waals surface area contributed by atoms with Crippen molar-refractivity contribution in [2.24, 2.45) is 0 Å². The molecule has 0 atom stereocenters. The highest BCUT2D eigenvalue weighted by Gasteiger charge is 2.37. The molecule has 128 valence electrons. The highest BCUT2D eigenvalue weighted by atomic mass is 16.6. The van der Waals surface area contributed by atoms with E-state index in [1.165, 1.54) is 0 Å². The van der Waals surface area contributed by atoms with Crippen molar-refractivity contribution in [3.63, 3.8) is 0 Å². The number of esters is 2. The summed E-state index contributed by atoms with van der Waals surface area (Å²) in [6.45, 7) is 7.60. The van der Waals surface area contributed by atoms with Gasteiger partial charge in [0.25, 0.3) is 0 Å². The Morgan fingerprint density at radius 3 is 1.83 bits per heavy atom. The predicted octanol–water partition coefficient (Wildman–Crippen LogP) is 2.40. The van der Waals surface area contributed by atoms with Crippen molar-refractivity contribution in [1.29, 1.82) is 0 Å². The first-order valence-electron chi connectivity index (χ1n) is 7.71. The van der Waals surface area contributed by atoms with Crippen LogP contribution in [0.5, 0.6) is 5.75 Å². The van der Waals surface area contributed by atoms with Crippen LogP contribution in [-0.4, -0.2) is 44.3 Å². The average Bonchev–Trinajstić information content (AvgIpc) is 2.52. The zero-order valence-electron chi connectivity index (χ0n) is 14.4. The number of benzene rings is 1. The zero-order valence-corrected chi connectivity index (χ0v) is 14.4. The van der Waals surface area contributed by atoms with Gasteiger partial charge in [-0.25, -0.2) is 9.59 Å². The Kier molecular flexibility index (Phi) is 7.38. The molecule has 0 saturated carbocycles. The van der Waals surface area contributed by atoms with E-state index in [0.29, 0.717) is 11.4 Å². The number of anilines is 1. The van der Waals surface area contributed by atoms with Crippen molar-refractivity contribution in [3.8, 4) is 5.75 Å². The van der Waals surface area contributed by atoms with E-state index >= 15 is 0 Å². The molecule has 0 amide bonds. The zero-order chi connectivity index (χ0) is 17.4. The minimum absolute atomic E-state index is 0.109. The molecule has 0 heterocycles. The number of rotatable bonds is 8. The minimum Gasteiger partial charge on any atom is -0.497 e. The maximum absolute atomic E-state index is 12.3. The van der Waals surface area contributed by atoms with E-state index in [9.17, 15) is 9.59 Å². The van der Waals surface area contributed by atoms with Crippen LogP contribution in [-0.2, 0) is 19.1 Å². The fraction of sp³-hybridized carbons (Fsp3) is 0.529. The molecule has 0 aromatic heterocycles. The summed E-state index contributed by atoms with van der Waals surface area (Å²) in [6, 6.07) is 5.90. The molecule has 0 N–H and O–H groups in total. The summed E-state index contributed by atoms with van der Waals surface area (Å²) in [6.07, 6.45) is 0. The lowest BCUT2D eigenvalue weighted by Gasteiger charge is -2.34. The van der Waals surface area contributed by atoms with Gasteiger partial charge in [0.15, 0.2) is 0 Å². The first kappa shape index (κ1) is 18.8. The molecule has 0 radical (unpaired) electrons. The first-order valence-corrected chi connectivity index (χ1v) is 7.71. The number of ether oxygens (including phenoxy) is 3. The maximum Gasteiger partial charge on any atom is 0.340 e. The third-order valence-corrected chi connectivity index (χ3v) is 3.22. The lowest BCUT2D eigenvalue weighted by Crippen LogP contribution is -2.51. The monoisotopic (exact) mass is 323 g/mol. The minimum atomic E-state index is -1.14. The first-order chi connectivity index (χ1) is 11.0. The Labute approximate surface area is 137 Å². The Bertz CT molecular complexity index is 494. The molecular formula is C17H25NO5. The summed E-state index contributed by atoms with van der Waals surface area (Å²) >= 11 is 0. The van der Waals surface area contributed by atoms with Crippen LogP contribution in [0.3, 0.4) is 0 Å². The van der Waals surface area contributed by atoms with Gasteiger partial charge in [0.2, 0.25) is 6.04 Å². The molecule has 6 heteroatoms. The van der Waals surface area contributed by atoms with E-state index in [1.807, 2.05) is 13.8 Å². The SMILES string of the molecule is CCOC(=O)C(C(=O)OCC)N(c1ccc(OC)cc1)C(C)C. The smallest absolute Gasteiger partial charge is 0.340 e. The Morgan fingerprint density at radius 1 is 1.00 bits per heavy atom. The van der Waals surface area contributed by atoms with E-state index in [0.717, 1.165) is 0 Å². The van der Waals surface area contributed by atoms with Crippen LogP contribution in [0.15, 0.2) is 24.3 Å². The summed E-state index contributed by atoms with van der Waals surface area (Å²) in [7, 11) is 1.58. The van der Waals surface area contributed by atoms with E-state index < -0.39 is 18.0 Å². The second-order valence-electron chi connectivity index (χ2n) is 5.11. The molecule has 0 aliphatic heterocycles. The molecule has 0 aliphatic rings. The molecule has 6 nitrogen and oxygen atoms in total. The lowest BCUT2D eigenvalue weighted by atomic mass is 10.1. The summed E-state index contributed by atoms with van der Waals surface area (Å²) in [5.74, 6) is -0.535. The topological polar surface area (TPSA) is 65.1 Å². The third kappa shape index (κ3) is 4.87. The number of methoxy groups -OCH3 is 1. The molecular weight excluding hydrogens is 298 g/mol. The van der Waals surface area contributed by atoms with Gasteiger partial charge in [-0.2, -0.15) is 0 Å². The summed E-state index contributed by atoms with van der Waals surface area (Å²) < 4.78 is 15.3. The van der Waals surface area contributed by atoms with Crippen molar-refractivity contribution in [1.82, 2.24) is 0 Å². The summed E-state index contributed by atoms with van der Waals surface area (Å²) in [5, 5.41) is 0. The Morgan fingerprint density at radius 2 is 1.48 bits per heavy atom. The predicted molar refractivity (Wildman–Crippen MR) is 87.7 cm³/mol. The number of nitrogens with zero attached hydrogens (tertiary/aromatic N) is 1. The van der Waals surface area contributed by atoms with E-state index in [-0.39, 0.29) is 19.3 Å². The third-order valence-electron chi connectivity index (χ3n) is 3.22. The summed E-state index contributed by atoms with van der Waals surface area (Å²) in [5.41, 5.74) is 0.715. The quantitative estimate of drug-likeness (QED) is 0.541. The molecule has 0 fully saturated rings. The van der Waals surface area contributed by atoms with Gasteiger partial charge < -0.3 is 19.1 Å². The fourth-order valence-electron chi connectivity index (χ4n) is 2.27. The average molecular weight is 323 g/mol. The number of hydrogen-bond donors (Lipinski definition) is 0. The second kappa shape index (κ2) is 9.02. The van der Waals surface area contributed by atoms with Crippen LogP contribution in [0.2, 0.25) is 0 Å². The fourth-order valence-corrected chi connectivity index (χ4v) is 2.27. The van der Waals surface area contributed by atoms with Gasteiger partial charge in [-0.15, -0.1) is 0 Å². The van der Waals surface area contributed by atoms with Crippen LogP contribution >= 0.6 is 0 Å². The normalized spacial score (nSPS) is 10.6. The maximum atomic E-state index is 12.3. The molecule has 0 aliphatic carbocycles. The Hall–Kier alpha value is -2.24. The van der Waals surface area contributed by atoms with Crippen LogP contribution in [0.25, 0.3) is 0 Å². The van der Waals surface area contributed by atoms with Crippen molar-refractivity contribution >= 4 is 17.6 Å². The number of hydrogen-bond acceptors (Lipinski definition) is 6. The lowest BCUT2D eigenvalue weighted by molar-refractivity contribution is -0.156. The molecule has 23 heavy (non-hydrogen) atoms. The summed E-state index contributed by atoms with van der Waals surface area (Å²) in [4.78, 5) is 26.3. The Balaban J connectivity index is 3.22. The molecule has 1 aromatic carbocycles. The number of carbonyl (C=O) groups is 2. The van der Waals surface area contributed by atoms with Gasteiger partial charge in [0.1, 0.15) is 5.75 Å². The van der Waals surface area contributed by atoms with Crippen molar-refractivity contribution in [3.05, 3.63) is 24.3 Å². The van der Waals surface area contributed by atoms with Crippen LogP contribution in [0, 0.1) is 0 Å². The van der Waals surface area contributed by atoms with E-state index in [2.05, 4.69) is 0 Å². The van der Waals surface area contributed by atoms with Crippen LogP contribution < -0.4 is 9.64 Å². The van der Waals surface area contributed by atoms with Gasteiger partial charge >= 0.3 is 11.9 Å². The van der Waals surface area contributed by atoms with Gasteiger partial charge in [0.05, 0.1) is 20.3 Å². The van der Waals surface area contributed by atoms with Crippen molar-refractivity contribution in [2.75, 3.05) is 25.2 Å². The van der Waals surface area contributed by atoms with Gasteiger partial charge in [0, 0.05) is 11.7 Å². The molecule has 1 rings (SSSR count). The largest absolute Gasteiger partial charge is 0.497 e. The van der Waals surface area contributed by atoms with Crippen molar-refractivity contribution < 1.29 is 23.8 Å². The van der Waals surface area contributed by atoms with Crippen LogP contribution in [0.1, 0.15) is 27.7 Å². The standard InChI is InChI=1S/C17H25NO5/c1-6-22-16(19)15(17(20)23-7-2)18(12(3)4)13-8-10-14(21-5)11-9-13/h8-12,15H,6-7H2,1-5H3. The molecule has 0 spiro atoms. The highest BCUT2D eigenvalue weighted by Crippen LogP contribution is 2.24. The van der Waals surface area contributed by atoms with Gasteiger partial charge in [-0.05, 0) is 52.0 Å². The van der Waals surface area contributed by atoms with Gasteiger partial charge in [-0.3, -0.25) is 0 Å². The molecule has 1 aromatic rings. The van der Waals surface area contributed by atoms with Gasteiger partial charge in [-0.1, -0.05) is 0 Å². The second-order valence-corrected chi connectivity index (χ2v) is 5.11. The van der Waals surface area contributed by atoms with Crippen molar-refractivity contribution in [2.45, 2.75) is 39.8 Å². The molecule has 0 bridgehead atoms. The van der Waals surface area contributed by atoms with Crippen LogP contribution in [0.4, 0.5) is 5.69 Å². The number of carbonyl (C=O) groups excluding carboxylic acids is 2.